The number of unbranched alkanes of at least 4 members (excludes halogenated alkanes) is 1. The fourth-order valence-electron chi connectivity index (χ4n) is 1.62. The molecule has 1 aromatic carbocycles. The van der Waals surface area contributed by atoms with E-state index in [9.17, 15) is 0 Å². The summed E-state index contributed by atoms with van der Waals surface area (Å²) >= 11 is 0. The molecule has 0 spiro atoms. The Morgan fingerprint density at radius 1 is 1.00 bits per heavy atom. The molecule has 0 aromatic heterocycles. The Kier molecular flexibility index (Phi) is 5.61. The molecule has 0 aliphatic heterocycles. The Labute approximate surface area is 114 Å². The van der Waals surface area contributed by atoms with Crippen molar-refractivity contribution in [3.63, 3.8) is 0 Å². The maximum Gasteiger partial charge on any atom is 0.191 e. The van der Waals surface area contributed by atoms with E-state index in [2.05, 4.69) is 64.2 Å². The maximum atomic E-state index is 6.17. The number of hydrogen-bond donors (Lipinski definition) is 0. The lowest BCUT2D eigenvalue weighted by Crippen LogP contribution is -2.40. The van der Waals surface area contributed by atoms with Crippen molar-refractivity contribution >= 4 is 8.32 Å². The van der Waals surface area contributed by atoms with Gasteiger partial charge in [-0.05, 0) is 43.0 Å². The van der Waals surface area contributed by atoms with E-state index in [0.717, 1.165) is 6.61 Å². The summed E-state index contributed by atoms with van der Waals surface area (Å²) in [5, 5.41) is 0.326. The minimum Gasteiger partial charge on any atom is -0.417 e. The second-order valence-electron chi connectivity index (χ2n) is 6.55. The Morgan fingerprint density at radius 2 is 1.61 bits per heavy atom. The summed E-state index contributed by atoms with van der Waals surface area (Å²) in [6, 6.07) is 10.7. The molecule has 18 heavy (non-hydrogen) atoms. The van der Waals surface area contributed by atoms with E-state index in [-0.39, 0.29) is 0 Å². The molecule has 0 bridgehead atoms. The smallest absolute Gasteiger partial charge is 0.191 e. The van der Waals surface area contributed by atoms with Gasteiger partial charge in [0.2, 0.25) is 0 Å². The van der Waals surface area contributed by atoms with Crippen molar-refractivity contribution in [3.05, 3.63) is 35.9 Å². The van der Waals surface area contributed by atoms with Gasteiger partial charge in [0.15, 0.2) is 8.32 Å². The number of aryl methyl sites for hydroxylation is 1. The average Bonchev–Trinajstić information content (AvgIpc) is 2.28. The van der Waals surface area contributed by atoms with Crippen LogP contribution in [0, 0.1) is 0 Å². The highest BCUT2D eigenvalue weighted by Crippen LogP contribution is 2.36. The third-order valence-corrected chi connectivity index (χ3v) is 8.51. The molecule has 102 valence electrons. The molecule has 0 N–H and O–H groups in total. The fourth-order valence-corrected chi connectivity index (χ4v) is 2.71. The zero-order chi connectivity index (χ0) is 13.6. The zero-order valence-electron chi connectivity index (χ0n) is 12.6. The van der Waals surface area contributed by atoms with E-state index in [0.29, 0.717) is 5.04 Å². The van der Waals surface area contributed by atoms with Gasteiger partial charge in [0.25, 0.3) is 0 Å². The monoisotopic (exact) mass is 264 g/mol. The van der Waals surface area contributed by atoms with E-state index in [1.165, 1.54) is 24.8 Å². The normalized spacial score (nSPS) is 12.7. The van der Waals surface area contributed by atoms with Crippen LogP contribution in [0.15, 0.2) is 30.3 Å². The zero-order valence-corrected chi connectivity index (χ0v) is 13.6. The van der Waals surface area contributed by atoms with Crippen LogP contribution in [0.5, 0.6) is 0 Å². The molecule has 0 saturated carbocycles. The molecule has 0 amide bonds. The molecular formula is C16H28OSi. The van der Waals surface area contributed by atoms with Crippen molar-refractivity contribution in [1.29, 1.82) is 0 Å². The van der Waals surface area contributed by atoms with Crippen molar-refractivity contribution in [2.75, 3.05) is 6.61 Å². The highest BCUT2D eigenvalue weighted by atomic mass is 28.4. The lowest BCUT2D eigenvalue weighted by molar-refractivity contribution is 0.279. The third-order valence-electron chi connectivity index (χ3n) is 3.97. The van der Waals surface area contributed by atoms with Gasteiger partial charge < -0.3 is 4.43 Å². The van der Waals surface area contributed by atoms with Gasteiger partial charge in [-0.2, -0.15) is 0 Å². The Bertz CT molecular complexity index is 338. The summed E-state index contributed by atoms with van der Waals surface area (Å²) in [6.45, 7) is 12.5. The second kappa shape index (κ2) is 6.53. The first-order chi connectivity index (χ1) is 8.33. The summed E-state index contributed by atoms with van der Waals surface area (Å²) in [5.41, 5.74) is 1.44. The molecule has 2 heteroatoms. The summed E-state index contributed by atoms with van der Waals surface area (Å²) in [6.07, 6.45) is 3.56. The van der Waals surface area contributed by atoms with Crippen LogP contribution in [0.4, 0.5) is 0 Å². The van der Waals surface area contributed by atoms with Crippen molar-refractivity contribution < 1.29 is 4.43 Å². The van der Waals surface area contributed by atoms with Gasteiger partial charge in [0.1, 0.15) is 0 Å². The van der Waals surface area contributed by atoms with Gasteiger partial charge in [-0.1, -0.05) is 51.1 Å². The van der Waals surface area contributed by atoms with Gasteiger partial charge in [-0.3, -0.25) is 0 Å². The Hall–Kier alpha value is -0.603. The molecule has 0 radical (unpaired) electrons. The van der Waals surface area contributed by atoms with Crippen molar-refractivity contribution in [1.82, 2.24) is 0 Å². The van der Waals surface area contributed by atoms with E-state index >= 15 is 0 Å². The maximum absolute atomic E-state index is 6.17. The first kappa shape index (κ1) is 15.5. The number of benzene rings is 1. The standard InChI is InChI=1S/C16H28OSi/c1-16(2,3)18(4,5)17-14-10-9-13-15-11-7-6-8-12-15/h6-8,11-12H,9-10,13-14H2,1-5H3. The molecule has 0 aliphatic carbocycles. The van der Waals surface area contributed by atoms with Gasteiger partial charge >= 0.3 is 0 Å². The first-order valence-corrected chi connectivity index (χ1v) is 9.92. The first-order valence-electron chi connectivity index (χ1n) is 7.01. The fraction of sp³-hybridized carbons (Fsp3) is 0.625. The molecule has 0 heterocycles. The molecular weight excluding hydrogens is 236 g/mol. The van der Waals surface area contributed by atoms with Gasteiger partial charge in [0, 0.05) is 6.61 Å². The van der Waals surface area contributed by atoms with E-state index in [4.69, 9.17) is 4.43 Å². The lowest BCUT2D eigenvalue weighted by Gasteiger charge is -2.36. The van der Waals surface area contributed by atoms with Crippen molar-refractivity contribution in [3.8, 4) is 0 Å². The molecule has 1 aromatic rings. The Morgan fingerprint density at radius 3 is 2.17 bits per heavy atom. The lowest BCUT2D eigenvalue weighted by atomic mass is 10.1. The SMILES string of the molecule is CC(C)(C)[Si](C)(C)OCCCCc1ccccc1. The summed E-state index contributed by atoms with van der Waals surface area (Å²) in [4.78, 5) is 0. The average molecular weight is 264 g/mol. The van der Waals surface area contributed by atoms with Gasteiger partial charge in [0.05, 0.1) is 0 Å². The van der Waals surface area contributed by atoms with Crippen LogP contribution in [0.2, 0.25) is 18.1 Å². The Balaban J connectivity index is 2.20. The van der Waals surface area contributed by atoms with Crippen LogP contribution in [0.1, 0.15) is 39.2 Å². The molecule has 0 atom stereocenters. The summed E-state index contributed by atoms with van der Waals surface area (Å²) in [5.74, 6) is 0. The van der Waals surface area contributed by atoms with E-state index < -0.39 is 8.32 Å². The van der Waals surface area contributed by atoms with Gasteiger partial charge in [-0.25, -0.2) is 0 Å². The third kappa shape index (κ3) is 4.95. The van der Waals surface area contributed by atoms with Crippen LogP contribution in [-0.2, 0) is 10.8 Å². The molecule has 0 unspecified atom stereocenters. The topological polar surface area (TPSA) is 9.23 Å². The van der Waals surface area contributed by atoms with Crippen molar-refractivity contribution in [2.45, 2.75) is 58.2 Å². The second-order valence-corrected chi connectivity index (χ2v) is 11.4. The van der Waals surface area contributed by atoms with E-state index in [1.807, 2.05) is 0 Å². The quantitative estimate of drug-likeness (QED) is 0.517. The van der Waals surface area contributed by atoms with Crippen molar-refractivity contribution in [2.24, 2.45) is 0 Å². The molecule has 1 nitrogen and oxygen atoms in total. The molecule has 1 rings (SSSR count). The minimum atomic E-state index is -1.53. The number of rotatable bonds is 6. The van der Waals surface area contributed by atoms with Gasteiger partial charge in [-0.15, -0.1) is 0 Å². The van der Waals surface area contributed by atoms with Crippen LogP contribution in [0.3, 0.4) is 0 Å². The van der Waals surface area contributed by atoms with Crippen LogP contribution < -0.4 is 0 Å². The number of hydrogen-bond acceptors (Lipinski definition) is 1. The summed E-state index contributed by atoms with van der Waals surface area (Å²) in [7, 11) is -1.53. The van der Waals surface area contributed by atoms with Crippen LogP contribution >= 0.6 is 0 Å². The molecule has 0 aliphatic rings. The van der Waals surface area contributed by atoms with Crippen LogP contribution in [-0.4, -0.2) is 14.9 Å². The predicted octanol–water partition coefficient (Wildman–Crippen LogP) is 5.03. The predicted molar refractivity (Wildman–Crippen MR) is 82.5 cm³/mol. The molecule has 0 fully saturated rings. The highest BCUT2D eigenvalue weighted by molar-refractivity contribution is 6.74. The largest absolute Gasteiger partial charge is 0.417 e. The minimum absolute atomic E-state index is 0.326. The van der Waals surface area contributed by atoms with E-state index in [1.54, 1.807) is 0 Å². The highest BCUT2D eigenvalue weighted by Gasteiger charge is 2.36. The summed E-state index contributed by atoms with van der Waals surface area (Å²) < 4.78 is 6.17. The van der Waals surface area contributed by atoms with Crippen LogP contribution in [0.25, 0.3) is 0 Å². The molecule has 0 saturated heterocycles.